The Labute approximate surface area is 181 Å². The van der Waals surface area contributed by atoms with Crippen molar-refractivity contribution in [3.8, 4) is 11.4 Å². The quantitative estimate of drug-likeness (QED) is 0.410. The van der Waals surface area contributed by atoms with E-state index in [1.807, 2.05) is 18.4 Å². The van der Waals surface area contributed by atoms with Crippen LogP contribution in [0.2, 0.25) is 0 Å². The summed E-state index contributed by atoms with van der Waals surface area (Å²) in [5.74, 6) is -0.355. The van der Waals surface area contributed by atoms with Crippen LogP contribution in [-0.4, -0.2) is 39.5 Å². The van der Waals surface area contributed by atoms with E-state index >= 15 is 0 Å². The first-order valence-corrected chi connectivity index (χ1v) is 11.1. The number of rotatable bonds is 8. The summed E-state index contributed by atoms with van der Waals surface area (Å²) in [5.41, 5.74) is 1.10. The number of hydrogen-bond donors (Lipinski definition) is 1. The summed E-state index contributed by atoms with van der Waals surface area (Å²) in [4.78, 5) is 25.4. The minimum atomic E-state index is -0.483. The van der Waals surface area contributed by atoms with Gasteiger partial charge in [0.1, 0.15) is 10.8 Å². The first-order chi connectivity index (χ1) is 14.5. The third kappa shape index (κ3) is 4.88. The van der Waals surface area contributed by atoms with Crippen molar-refractivity contribution in [1.29, 1.82) is 0 Å². The molecule has 3 rings (SSSR count). The second kappa shape index (κ2) is 9.86. The van der Waals surface area contributed by atoms with Gasteiger partial charge in [0, 0.05) is 17.0 Å². The van der Waals surface area contributed by atoms with Crippen LogP contribution in [0.5, 0.6) is 0 Å². The molecule has 1 N–H and O–H groups in total. The molecule has 7 nitrogen and oxygen atoms in total. The van der Waals surface area contributed by atoms with Gasteiger partial charge < -0.3 is 14.6 Å². The van der Waals surface area contributed by atoms with Crippen LogP contribution in [0.1, 0.15) is 29.1 Å². The van der Waals surface area contributed by atoms with Crippen molar-refractivity contribution in [2.45, 2.75) is 32.0 Å². The lowest BCUT2D eigenvalue weighted by atomic mass is 10.2. The monoisotopic (exact) mass is 448 g/mol. The van der Waals surface area contributed by atoms with Gasteiger partial charge in [0.15, 0.2) is 11.0 Å². The summed E-state index contributed by atoms with van der Waals surface area (Å²) in [5, 5.41) is 12.2. The lowest BCUT2D eigenvalue weighted by molar-refractivity contribution is -0.113. The highest BCUT2D eigenvalue weighted by Crippen LogP contribution is 2.30. The number of amides is 1. The zero-order valence-corrected chi connectivity index (χ0v) is 18.4. The van der Waals surface area contributed by atoms with Crippen molar-refractivity contribution in [3.63, 3.8) is 0 Å². The summed E-state index contributed by atoms with van der Waals surface area (Å²) < 4.78 is 19.8. The molecule has 0 radical (unpaired) electrons. The van der Waals surface area contributed by atoms with Crippen LogP contribution >= 0.6 is 23.1 Å². The fourth-order valence-electron chi connectivity index (χ4n) is 2.76. The number of carbonyl (C=O) groups is 2. The Morgan fingerprint density at radius 2 is 1.97 bits per heavy atom. The average Bonchev–Trinajstić information content (AvgIpc) is 3.35. The van der Waals surface area contributed by atoms with Crippen LogP contribution in [0.4, 0.5) is 9.39 Å². The number of ether oxygens (including phenoxy) is 1. The maximum Gasteiger partial charge on any atom is 0.340 e. The zero-order valence-electron chi connectivity index (χ0n) is 16.8. The number of thioether (sulfide) groups is 1. The number of anilines is 1. The number of carbonyl (C=O) groups excluding carboxylic acids is 2. The van der Waals surface area contributed by atoms with Crippen molar-refractivity contribution in [2.24, 2.45) is 0 Å². The van der Waals surface area contributed by atoms with E-state index in [2.05, 4.69) is 15.5 Å². The van der Waals surface area contributed by atoms with Crippen LogP contribution in [0.3, 0.4) is 0 Å². The number of aromatic nitrogens is 3. The Hall–Kier alpha value is -2.72. The first kappa shape index (κ1) is 22.0. The van der Waals surface area contributed by atoms with Gasteiger partial charge in [-0.05, 0) is 43.7 Å². The molecule has 0 saturated carbocycles. The Morgan fingerprint density at radius 3 is 2.60 bits per heavy atom. The lowest BCUT2D eigenvalue weighted by Crippen LogP contribution is -2.16. The molecule has 158 valence electrons. The number of nitrogens with zero attached hydrogens (tertiary/aromatic N) is 3. The molecule has 0 fully saturated rings. The molecule has 10 heteroatoms. The number of nitrogens with one attached hydrogen (secondary N) is 1. The van der Waals surface area contributed by atoms with E-state index in [-0.39, 0.29) is 17.5 Å². The minimum Gasteiger partial charge on any atom is -0.465 e. The highest BCUT2D eigenvalue weighted by molar-refractivity contribution is 7.99. The number of halogens is 1. The summed E-state index contributed by atoms with van der Waals surface area (Å²) in [7, 11) is 1.31. The maximum absolute atomic E-state index is 13.2. The van der Waals surface area contributed by atoms with E-state index in [9.17, 15) is 14.0 Å². The smallest absolute Gasteiger partial charge is 0.340 e. The lowest BCUT2D eigenvalue weighted by Gasteiger charge is -2.08. The van der Waals surface area contributed by atoms with E-state index in [1.165, 1.54) is 42.3 Å². The fourth-order valence-corrected chi connectivity index (χ4v) is 4.56. The third-order valence-electron chi connectivity index (χ3n) is 4.26. The number of benzene rings is 1. The summed E-state index contributed by atoms with van der Waals surface area (Å²) in [6.45, 7) is 4.52. The van der Waals surface area contributed by atoms with Crippen LogP contribution in [-0.2, 0) is 22.5 Å². The van der Waals surface area contributed by atoms with Gasteiger partial charge in [0.05, 0.1) is 18.4 Å². The van der Waals surface area contributed by atoms with Gasteiger partial charge in [-0.3, -0.25) is 4.79 Å². The molecule has 0 aliphatic rings. The van der Waals surface area contributed by atoms with Gasteiger partial charge in [-0.2, -0.15) is 0 Å². The normalized spacial score (nSPS) is 10.8. The number of methoxy groups -OCH3 is 1. The molecule has 0 spiro atoms. The predicted molar refractivity (Wildman–Crippen MR) is 115 cm³/mol. The molecule has 0 aliphatic carbocycles. The molecule has 30 heavy (non-hydrogen) atoms. The molecule has 2 aromatic heterocycles. The van der Waals surface area contributed by atoms with Crippen molar-refractivity contribution >= 4 is 40.0 Å². The van der Waals surface area contributed by atoms with E-state index in [4.69, 9.17) is 4.74 Å². The summed E-state index contributed by atoms with van der Waals surface area (Å²) in [6.07, 6.45) is 0.755. The van der Waals surface area contributed by atoms with Gasteiger partial charge in [-0.1, -0.05) is 18.7 Å². The van der Waals surface area contributed by atoms with Gasteiger partial charge in [-0.25, -0.2) is 9.18 Å². The third-order valence-corrected chi connectivity index (χ3v) is 6.42. The summed E-state index contributed by atoms with van der Waals surface area (Å²) >= 11 is 2.60. The second-order valence-corrected chi connectivity index (χ2v) is 8.27. The van der Waals surface area contributed by atoms with Gasteiger partial charge in [0.25, 0.3) is 0 Å². The number of hydrogen-bond acceptors (Lipinski definition) is 7. The molecule has 1 amide bonds. The Balaban J connectivity index is 1.70. The summed E-state index contributed by atoms with van der Waals surface area (Å²) in [6, 6.07) is 7.76. The standard InChI is InChI=1S/C20H21FN4O3S2/c1-4-14-10-15(19(27)28-3)18(30-14)22-16(26)11-29-20-24-23-17(25(20)5-2)12-6-8-13(21)9-7-12/h6-10H,4-5,11H2,1-3H3,(H,22,26). The SMILES string of the molecule is CCc1cc(C(=O)OC)c(NC(=O)CSc2nnc(-c3ccc(F)cc3)n2CC)s1. The van der Waals surface area contributed by atoms with Crippen LogP contribution in [0.15, 0.2) is 35.5 Å². The number of aryl methyl sites for hydroxylation is 1. The molecule has 3 aromatic rings. The fraction of sp³-hybridized carbons (Fsp3) is 0.300. The van der Waals surface area contributed by atoms with Gasteiger partial charge in [0.2, 0.25) is 5.91 Å². The van der Waals surface area contributed by atoms with Crippen molar-refractivity contribution in [1.82, 2.24) is 14.8 Å². The largest absolute Gasteiger partial charge is 0.465 e. The van der Waals surface area contributed by atoms with E-state index in [1.54, 1.807) is 18.2 Å². The number of esters is 1. The topological polar surface area (TPSA) is 86.1 Å². The van der Waals surface area contributed by atoms with E-state index in [0.29, 0.717) is 28.1 Å². The van der Waals surface area contributed by atoms with Crippen molar-refractivity contribution in [2.75, 3.05) is 18.2 Å². The molecule has 2 heterocycles. The predicted octanol–water partition coefficient (Wildman–Crippen LogP) is 4.25. The Kier molecular flexibility index (Phi) is 7.22. The van der Waals surface area contributed by atoms with Crippen LogP contribution < -0.4 is 5.32 Å². The Morgan fingerprint density at radius 1 is 1.23 bits per heavy atom. The van der Waals surface area contributed by atoms with Crippen LogP contribution in [0, 0.1) is 5.82 Å². The molecule has 0 saturated heterocycles. The van der Waals surface area contributed by atoms with Crippen LogP contribution in [0.25, 0.3) is 11.4 Å². The number of thiophene rings is 1. The molecular weight excluding hydrogens is 427 g/mol. The van der Waals surface area contributed by atoms with Crippen molar-refractivity contribution < 1.29 is 18.7 Å². The van der Waals surface area contributed by atoms with Gasteiger partial charge >= 0.3 is 5.97 Å². The highest BCUT2D eigenvalue weighted by atomic mass is 32.2. The Bertz CT molecular complexity index is 1050. The van der Waals surface area contributed by atoms with E-state index < -0.39 is 5.97 Å². The molecule has 1 aromatic carbocycles. The average molecular weight is 449 g/mol. The van der Waals surface area contributed by atoms with Crippen molar-refractivity contribution in [3.05, 3.63) is 46.6 Å². The minimum absolute atomic E-state index is 0.0987. The first-order valence-electron chi connectivity index (χ1n) is 9.29. The second-order valence-electron chi connectivity index (χ2n) is 6.19. The molecule has 0 bridgehead atoms. The highest BCUT2D eigenvalue weighted by Gasteiger charge is 2.19. The molecular formula is C20H21FN4O3S2. The van der Waals surface area contributed by atoms with E-state index in [0.717, 1.165) is 16.9 Å². The maximum atomic E-state index is 13.2. The molecule has 0 unspecified atom stereocenters. The zero-order chi connectivity index (χ0) is 21.7. The molecule has 0 aliphatic heterocycles. The molecule has 0 atom stereocenters. The van der Waals surface area contributed by atoms with Gasteiger partial charge in [-0.15, -0.1) is 21.5 Å².